The molecule has 1 heterocycles. The minimum absolute atomic E-state index is 0.00657. The Hall–Kier alpha value is -3.55. The van der Waals surface area contributed by atoms with Crippen LogP contribution in [0.1, 0.15) is 21.7 Å². The lowest BCUT2D eigenvalue weighted by molar-refractivity contribution is 0.102. The fraction of sp³-hybridized carbons (Fsp3) is 0.190. The van der Waals surface area contributed by atoms with Crippen molar-refractivity contribution in [1.29, 1.82) is 0 Å². The Morgan fingerprint density at radius 2 is 1.76 bits per heavy atom. The summed E-state index contributed by atoms with van der Waals surface area (Å²) in [5.74, 6) is -1.40. The van der Waals surface area contributed by atoms with Crippen molar-refractivity contribution >= 4 is 17.5 Å². The maximum atomic E-state index is 13.8. The Labute approximate surface area is 167 Å². The molecule has 0 bridgehead atoms. The molecule has 2 aromatic carbocycles. The standard InChI is InChI=1S/C21H20F2N4O2/c1-13-12-18(20(28)27-19-16(22)4-3-5-17(19)23)26-21(25-13)24-11-10-14-6-8-15(29-2)9-7-14/h3-9,12H,10-11H2,1-2H3,(H,27,28)(H,24,25,26). The summed E-state index contributed by atoms with van der Waals surface area (Å²) in [6, 6.07) is 12.5. The monoisotopic (exact) mass is 398 g/mol. The summed E-state index contributed by atoms with van der Waals surface area (Å²) < 4.78 is 32.6. The van der Waals surface area contributed by atoms with Gasteiger partial charge >= 0.3 is 0 Å². The van der Waals surface area contributed by atoms with Gasteiger partial charge in [0.05, 0.1) is 7.11 Å². The topological polar surface area (TPSA) is 76.1 Å². The SMILES string of the molecule is COc1ccc(CCNc2nc(C)cc(C(=O)Nc3c(F)cccc3F)n2)cc1. The molecule has 3 aromatic rings. The largest absolute Gasteiger partial charge is 0.497 e. The summed E-state index contributed by atoms with van der Waals surface area (Å²) in [6.45, 7) is 2.25. The van der Waals surface area contributed by atoms with Crippen LogP contribution in [0.2, 0.25) is 0 Å². The summed E-state index contributed by atoms with van der Waals surface area (Å²) in [5.41, 5.74) is 1.14. The molecule has 0 atom stereocenters. The average molecular weight is 398 g/mol. The quantitative estimate of drug-likeness (QED) is 0.630. The van der Waals surface area contributed by atoms with Gasteiger partial charge in [0, 0.05) is 12.2 Å². The number of ether oxygens (including phenoxy) is 1. The first-order chi connectivity index (χ1) is 14.0. The van der Waals surface area contributed by atoms with Crippen molar-refractivity contribution in [2.24, 2.45) is 0 Å². The van der Waals surface area contributed by atoms with Crippen molar-refractivity contribution < 1.29 is 18.3 Å². The van der Waals surface area contributed by atoms with E-state index in [1.54, 1.807) is 14.0 Å². The van der Waals surface area contributed by atoms with Crippen molar-refractivity contribution in [3.05, 3.63) is 77.1 Å². The second kappa shape index (κ2) is 9.09. The van der Waals surface area contributed by atoms with Crippen LogP contribution in [0.25, 0.3) is 0 Å². The molecule has 0 aliphatic carbocycles. The summed E-state index contributed by atoms with van der Waals surface area (Å²) in [5, 5.41) is 5.29. The molecule has 0 saturated heterocycles. The molecule has 0 spiro atoms. The second-order valence-corrected chi connectivity index (χ2v) is 6.29. The summed E-state index contributed by atoms with van der Waals surface area (Å²) in [6.07, 6.45) is 0.712. The number of nitrogens with one attached hydrogen (secondary N) is 2. The highest BCUT2D eigenvalue weighted by Crippen LogP contribution is 2.19. The highest BCUT2D eigenvalue weighted by atomic mass is 19.1. The molecule has 1 aromatic heterocycles. The molecule has 0 fully saturated rings. The normalized spacial score (nSPS) is 10.5. The van der Waals surface area contributed by atoms with Gasteiger partial charge in [0.15, 0.2) is 0 Å². The lowest BCUT2D eigenvalue weighted by Crippen LogP contribution is -2.18. The number of para-hydroxylation sites is 1. The number of methoxy groups -OCH3 is 1. The number of aromatic nitrogens is 2. The van der Waals surface area contributed by atoms with E-state index >= 15 is 0 Å². The number of benzene rings is 2. The fourth-order valence-electron chi connectivity index (χ4n) is 2.67. The van der Waals surface area contributed by atoms with Crippen molar-refractivity contribution in [2.75, 3.05) is 24.3 Å². The van der Waals surface area contributed by atoms with Crippen LogP contribution in [0.3, 0.4) is 0 Å². The predicted molar refractivity (Wildman–Crippen MR) is 106 cm³/mol. The number of hydrogen-bond donors (Lipinski definition) is 2. The molecule has 0 aliphatic heterocycles. The molecule has 6 nitrogen and oxygen atoms in total. The van der Waals surface area contributed by atoms with Gasteiger partial charge in [0.1, 0.15) is 28.8 Å². The van der Waals surface area contributed by atoms with E-state index in [1.807, 2.05) is 24.3 Å². The molecule has 150 valence electrons. The third-order valence-electron chi connectivity index (χ3n) is 4.14. The third kappa shape index (κ3) is 5.25. The summed E-state index contributed by atoms with van der Waals surface area (Å²) in [4.78, 5) is 20.8. The molecule has 0 unspecified atom stereocenters. The molecule has 8 heteroatoms. The third-order valence-corrected chi connectivity index (χ3v) is 4.14. The first kappa shape index (κ1) is 20.2. The van der Waals surface area contributed by atoms with Crippen LogP contribution in [-0.2, 0) is 6.42 Å². The Balaban J connectivity index is 1.66. The Morgan fingerprint density at radius 3 is 2.41 bits per heavy atom. The number of aryl methyl sites for hydroxylation is 1. The van der Waals surface area contributed by atoms with Crippen LogP contribution in [-0.4, -0.2) is 29.5 Å². The number of hydrogen-bond acceptors (Lipinski definition) is 5. The molecule has 2 N–H and O–H groups in total. The molecule has 0 saturated carbocycles. The second-order valence-electron chi connectivity index (χ2n) is 6.29. The van der Waals surface area contributed by atoms with Crippen LogP contribution in [0.5, 0.6) is 5.75 Å². The maximum Gasteiger partial charge on any atom is 0.274 e. The number of carbonyl (C=O) groups excluding carboxylic acids is 1. The van der Waals surface area contributed by atoms with Gasteiger partial charge in [-0.2, -0.15) is 0 Å². The molecule has 0 radical (unpaired) electrons. The zero-order valence-corrected chi connectivity index (χ0v) is 16.0. The average Bonchev–Trinajstić information content (AvgIpc) is 2.71. The highest BCUT2D eigenvalue weighted by Gasteiger charge is 2.16. The van der Waals surface area contributed by atoms with Crippen molar-refractivity contribution in [3.8, 4) is 5.75 Å². The van der Waals surface area contributed by atoms with Crippen LogP contribution >= 0.6 is 0 Å². The van der Waals surface area contributed by atoms with Gasteiger partial charge in [-0.1, -0.05) is 18.2 Å². The van der Waals surface area contributed by atoms with Gasteiger partial charge in [-0.05, 0) is 49.2 Å². The van der Waals surface area contributed by atoms with E-state index in [9.17, 15) is 13.6 Å². The summed E-state index contributed by atoms with van der Waals surface area (Å²) >= 11 is 0. The molecular formula is C21H20F2N4O2. The van der Waals surface area contributed by atoms with Gasteiger partial charge < -0.3 is 15.4 Å². The lowest BCUT2D eigenvalue weighted by Gasteiger charge is -2.10. The zero-order chi connectivity index (χ0) is 20.8. The Morgan fingerprint density at radius 1 is 1.07 bits per heavy atom. The van der Waals surface area contributed by atoms with Crippen molar-refractivity contribution in [3.63, 3.8) is 0 Å². The van der Waals surface area contributed by atoms with E-state index in [0.29, 0.717) is 18.7 Å². The van der Waals surface area contributed by atoms with Gasteiger partial charge in [-0.15, -0.1) is 0 Å². The van der Waals surface area contributed by atoms with Gasteiger partial charge in [0.25, 0.3) is 5.91 Å². The Bertz CT molecular complexity index is 990. The van der Waals surface area contributed by atoms with Gasteiger partial charge in [-0.3, -0.25) is 4.79 Å². The number of halogens is 2. The zero-order valence-electron chi connectivity index (χ0n) is 16.0. The van der Waals surface area contributed by atoms with Crippen LogP contribution < -0.4 is 15.4 Å². The Kier molecular flexibility index (Phi) is 6.33. The van der Waals surface area contributed by atoms with Crippen LogP contribution in [0.15, 0.2) is 48.5 Å². The highest BCUT2D eigenvalue weighted by molar-refractivity contribution is 6.03. The number of rotatable bonds is 7. The van der Waals surface area contributed by atoms with Gasteiger partial charge in [0.2, 0.25) is 5.95 Å². The van der Waals surface area contributed by atoms with Crippen LogP contribution in [0, 0.1) is 18.6 Å². The molecule has 29 heavy (non-hydrogen) atoms. The van der Waals surface area contributed by atoms with E-state index in [4.69, 9.17) is 4.74 Å². The predicted octanol–water partition coefficient (Wildman–Crippen LogP) is 3.98. The molecule has 1 amide bonds. The maximum absolute atomic E-state index is 13.8. The minimum Gasteiger partial charge on any atom is -0.497 e. The van der Waals surface area contributed by atoms with Gasteiger partial charge in [-0.25, -0.2) is 18.7 Å². The van der Waals surface area contributed by atoms with Crippen molar-refractivity contribution in [1.82, 2.24) is 9.97 Å². The van der Waals surface area contributed by atoms with E-state index in [-0.39, 0.29) is 11.6 Å². The number of nitrogens with zero attached hydrogens (tertiary/aromatic N) is 2. The number of amides is 1. The van der Waals surface area contributed by atoms with E-state index < -0.39 is 23.2 Å². The van der Waals surface area contributed by atoms with E-state index in [2.05, 4.69) is 20.6 Å². The summed E-state index contributed by atoms with van der Waals surface area (Å²) in [7, 11) is 1.61. The van der Waals surface area contributed by atoms with E-state index in [1.165, 1.54) is 12.1 Å². The minimum atomic E-state index is -0.859. The molecular weight excluding hydrogens is 378 g/mol. The number of carbonyl (C=O) groups is 1. The van der Waals surface area contributed by atoms with Crippen LogP contribution in [0.4, 0.5) is 20.4 Å². The lowest BCUT2D eigenvalue weighted by atomic mass is 10.1. The molecule has 3 rings (SSSR count). The fourth-order valence-corrected chi connectivity index (χ4v) is 2.67. The number of anilines is 2. The molecule has 0 aliphatic rings. The first-order valence-electron chi connectivity index (χ1n) is 8.94. The van der Waals surface area contributed by atoms with E-state index in [0.717, 1.165) is 23.4 Å². The first-order valence-corrected chi connectivity index (χ1v) is 8.94. The smallest absolute Gasteiger partial charge is 0.274 e. The van der Waals surface area contributed by atoms with Crippen molar-refractivity contribution in [2.45, 2.75) is 13.3 Å².